The van der Waals surface area contributed by atoms with Gasteiger partial charge in [0.2, 0.25) is 0 Å². The van der Waals surface area contributed by atoms with Gasteiger partial charge in [0.1, 0.15) is 12.1 Å². The molecule has 0 radical (unpaired) electrons. The van der Waals surface area contributed by atoms with E-state index in [0.717, 1.165) is 12.3 Å². The SMILES string of the molecule is CCOC(=O)/C=C/O/N=C(\N)c1ccc(Br)cc1F. The summed E-state index contributed by atoms with van der Waals surface area (Å²) in [6, 6.07) is 4.33. The van der Waals surface area contributed by atoms with Crippen molar-refractivity contribution in [2.24, 2.45) is 10.9 Å². The first-order valence-electron chi connectivity index (χ1n) is 5.32. The number of halogens is 2. The number of benzene rings is 1. The summed E-state index contributed by atoms with van der Waals surface area (Å²) in [5, 5.41) is 3.46. The second-order valence-corrected chi connectivity index (χ2v) is 4.18. The summed E-state index contributed by atoms with van der Waals surface area (Å²) in [4.78, 5) is 15.6. The van der Waals surface area contributed by atoms with Crippen LogP contribution < -0.4 is 5.73 Å². The molecule has 2 N–H and O–H groups in total. The Morgan fingerprint density at radius 1 is 1.58 bits per heavy atom. The van der Waals surface area contributed by atoms with Gasteiger partial charge in [-0.05, 0) is 25.1 Å². The standard InChI is InChI=1S/C12H12BrFN2O3/c1-2-18-11(17)5-6-19-16-12(15)9-4-3-8(13)7-10(9)14/h3-7H,2H2,1H3,(H2,15,16)/b6-5+. The Morgan fingerprint density at radius 2 is 2.32 bits per heavy atom. The van der Waals surface area contributed by atoms with E-state index in [4.69, 9.17) is 5.73 Å². The molecule has 0 unspecified atom stereocenters. The van der Waals surface area contributed by atoms with E-state index in [9.17, 15) is 9.18 Å². The molecule has 0 saturated heterocycles. The minimum atomic E-state index is -0.564. The number of nitrogens with zero attached hydrogens (tertiary/aromatic N) is 1. The summed E-state index contributed by atoms with van der Waals surface area (Å²) in [6.45, 7) is 1.94. The van der Waals surface area contributed by atoms with Crippen molar-refractivity contribution in [3.63, 3.8) is 0 Å². The predicted octanol–water partition coefficient (Wildman–Crippen LogP) is 2.30. The van der Waals surface area contributed by atoms with Gasteiger partial charge in [-0.1, -0.05) is 21.1 Å². The van der Waals surface area contributed by atoms with Crippen LogP contribution in [0.2, 0.25) is 0 Å². The van der Waals surface area contributed by atoms with Crippen LogP contribution in [0.3, 0.4) is 0 Å². The van der Waals surface area contributed by atoms with Crippen LogP contribution in [0.25, 0.3) is 0 Å². The molecule has 0 bridgehead atoms. The molecule has 0 fully saturated rings. The van der Waals surface area contributed by atoms with E-state index in [-0.39, 0.29) is 18.0 Å². The number of carbonyl (C=O) groups excluding carboxylic acids is 1. The van der Waals surface area contributed by atoms with Crippen LogP contribution >= 0.6 is 15.9 Å². The van der Waals surface area contributed by atoms with Gasteiger partial charge >= 0.3 is 5.97 Å². The van der Waals surface area contributed by atoms with E-state index >= 15 is 0 Å². The highest BCUT2D eigenvalue weighted by Gasteiger charge is 2.07. The summed E-state index contributed by atoms with van der Waals surface area (Å²) >= 11 is 3.13. The highest BCUT2D eigenvalue weighted by molar-refractivity contribution is 9.10. The van der Waals surface area contributed by atoms with Crippen molar-refractivity contribution in [3.8, 4) is 0 Å². The molecule has 0 amide bonds. The quantitative estimate of drug-likeness (QED) is 0.224. The number of oxime groups is 1. The van der Waals surface area contributed by atoms with Crippen LogP contribution in [0, 0.1) is 5.82 Å². The Morgan fingerprint density at radius 3 is 2.95 bits per heavy atom. The number of nitrogens with two attached hydrogens (primary N) is 1. The second kappa shape index (κ2) is 7.52. The molecule has 1 rings (SSSR count). The van der Waals surface area contributed by atoms with E-state index in [2.05, 4.69) is 30.7 Å². The van der Waals surface area contributed by atoms with Crippen molar-refractivity contribution in [2.45, 2.75) is 6.92 Å². The van der Waals surface area contributed by atoms with Crippen LogP contribution in [0.1, 0.15) is 12.5 Å². The van der Waals surface area contributed by atoms with Gasteiger partial charge in [-0.15, -0.1) is 0 Å². The van der Waals surface area contributed by atoms with E-state index in [1.807, 2.05) is 0 Å². The van der Waals surface area contributed by atoms with E-state index in [1.165, 1.54) is 12.1 Å². The smallest absolute Gasteiger partial charge is 0.333 e. The lowest BCUT2D eigenvalue weighted by molar-refractivity contribution is -0.137. The van der Waals surface area contributed by atoms with Crippen LogP contribution in [-0.4, -0.2) is 18.4 Å². The summed E-state index contributed by atoms with van der Waals surface area (Å²) in [7, 11) is 0. The maximum atomic E-state index is 13.5. The van der Waals surface area contributed by atoms with Crippen molar-refractivity contribution >= 4 is 27.7 Å². The molecular weight excluding hydrogens is 319 g/mol. The molecule has 1 aromatic rings. The molecule has 0 spiro atoms. The van der Waals surface area contributed by atoms with Crippen molar-refractivity contribution in [3.05, 3.63) is 46.4 Å². The van der Waals surface area contributed by atoms with Crippen molar-refractivity contribution in [2.75, 3.05) is 6.61 Å². The Kier molecular flexibility index (Phi) is 6.01. The Labute approximate surface area is 118 Å². The van der Waals surface area contributed by atoms with Gasteiger partial charge in [0.25, 0.3) is 0 Å². The molecular formula is C12H12BrFN2O3. The van der Waals surface area contributed by atoms with Gasteiger partial charge in [0, 0.05) is 4.47 Å². The van der Waals surface area contributed by atoms with Crippen LogP contribution in [0.4, 0.5) is 4.39 Å². The summed E-state index contributed by atoms with van der Waals surface area (Å²) in [5.74, 6) is -1.24. The Bertz CT molecular complexity index is 518. The van der Waals surface area contributed by atoms with E-state index < -0.39 is 11.8 Å². The van der Waals surface area contributed by atoms with Crippen LogP contribution in [0.15, 0.2) is 40.2 Å². The third kappa shape index (κ3) is 5.09. The molecule has 0 atom stereocenters. The van der Waals surface area contributed by atoms with Crippen LogP contribution in [0.5, 0.6) is 0 Å². The molecule has 0 aliphatic carbocycles. The number of hydrogen-bond donors (Lipinski definition) is 1. The highest BCUT2D eigenvalue weighted by Crippen LogP contribution is 2.15. The normalized spacial score (nSPS) is 11.6. The molecule has 1 aromatic carbocycles. The summed E-state index contributed by atoms with van der Waals surface area (Å²) in [6.07, 6.45) is 2.04. The summed E-state index contributed by atoms with van der Waals surface area (Å²) < 4.78 is 18.7. The first-order chi connectivity index (χ1) is 9.04. The number of esters is 1. The average Bonchev–Trinajstić information content (AvgIpc) is 2.34. The minimum Gasteiger partial charge on any atom is -0.463 e. The lowest BCUT2D eigenvalue weighted by atomic mass is 10.2. The van der Waals surface area contributed by atoms with Crippen LogP contribution in [-0.2, 0) is 14.4 Å². The van der Waals surface area contributed by atoms with E-state index in [1.54, 1.807) is 13.0 Å². The zero-order valence-corrected chi connectivity index (χ0v) is 11.7. The Balaban J connectivity index is 2.64. The Hall–Kier alpha value is -1.89. The van der Waals surface area contributed by atoms with Gasteiger partial charge in [0.15, 0.2) is 5.84 Å². The average molecular weight is 331 g/mol. The molecule has 0 aliphatic rings. The number of hydrogen-bond acceptors (Lipinski definition) is 4. The molecule has 102 valence electrons. The van der Waals surface area contributed by atoms with E-state index in [0.29, 0.717) is 4.47 Å². The number of ether oxygens (including phenoxy) is 1. The molecule has 0 aromatic heterocycles. The lowest BCUT2D eigenvalue weighted by Gasteiger charge is -2.01. The number of carbonyl (C=O) groups is 1. The number of amidine groups is 1. The van der Waals surface area contributed by atoms with Gasteiger partial charge in [0.05, 0.1) is 18.2 Å². The molecule has 5 nitrogen and oxygen atoms in total. The van der Waals surface area contributed by atoms with Crippen molar-refractivity contribution in [1.29, 1.82) is 0 Å². The predicted molar refractivity (Wildman–Crippen MR) is 71.7 cm³/mol. The maximum Gasteiger partial charge on any atom is 0.333 e. The fourth-order valence-electron chi connectivity index (χ4n) is 1.11. The van der Waals surface area contributed by atoms with Gasteiger partial charge < -0.3 is 15.3 Å². The third-order valence-electron chi connectivity index (χ3n) is 1.91. The lowest BCUT2D eigenvalue weighted by Crippen LogP contribution is -2.15. The first-order valence-corrected chi connectivity index (χ1v) is 6.12. The first kappa shape index (κ1) is 15.2. The molecule has 0 saturated carbocycles. The molecule has 19 heavy (non-hydrogen) atoms. The van der Waals surface area contributed by atoms with Crippen molar-refractivity contribution in [1.82, 2.24) is 0 Å². The molecule has 0 heterocycles. The topological polar surface area (TPSA) is 73.9 Å². The minimum absolute atomic E-state index is 0.104. The monoisotopic (exact) mass is 330 g/mol. The fraction of sp³-hybridized carbons (Fsp3) is 0.167. The van der Waals surface area contributed by atoms with Gasteiger partial charge in [-0.2, -0.15) is 0 Å². The number of rotatable bonds is 5. The molecule has 0 aliphatic heterocycles. The van der Waals surface area contributed by atoms with Gasteiger partial charge in [-0.3, -0.25) is 0 Å². The summed E-state index contributed by atoms with van der Waals surface area (Å²) in [5.41, 5.74) is 5.65. The fourth-order valence-corrected chi connectivity index (χ4v) is 1.44. The zero-order chi connectivity index (χ0) is 14.3. The van der Waals surface area contributed by atoms with Gasteiger partial charge in [-0.25, -0.2) is 9.18 Å². The second-order valence-electron chi connectivity index (χ2n) is 3.26. The largest absolute Gasteiger partial charge is 0.463 e. The molecule has 7 heteroatoms. The van der Waals surface area contributed by atoms with Crippen molar-refractivity contribution < 1.29 is 18.8 Å². The maximum absolute atomic E-state index is 13.5. The third-order valence-corrected chi connectivity index (χ3v) is 2.40. The highest BCUT2D eigenvalue weighted by atomic mass is 79.9. The zero-order valence-electron chi connectivity index (χ0n) is 10.1.